The van der Waals surface area contributed by atoms with Crippen molar-refractivity contribution in [1.29, 1.82) is 0 Å². The number of aliphatic hydroxyl groups is 1. The van der Waals surface area contributed by atoms with E-state index in [0.717, 1.165) is 0 Å². The largest absolute Gasteiger partial charge is 0.503 e. The molecule has 1 atom stereocenters. The maximum absolute atomic E-state index is 13.1. The summed E-state index contributed by atoms with van der Waals surface area (Å²) in [5.41, 5.74) is 0.416. The molecule has 9 heteroatoms. The summed E-state index contributed by atoms with van der Waals surface area (Å²) < 4.78 is 15.9. The minimum absolute atomic E-state index is 0.0141. The normalized spacial score (nSPS) is 16.4. The molecule has 0 bridgehead atoms. The fourth-order valence-electron chi connectivity index (χ4n) is 3.21. The van der Waals surface area contributed by atoms with Crippen molar-refractivity contribution >= 4 is 28.2 Å². The Kier molecular flexibility index (Phi) is 4.81. The molecule has 0 saturated heterocycles. The highest BCUT2D eigenvalue weighted by molar-refractivity contribution is 7.13. The molecule has 0 aliphatic carbocycles. The Morgan fingerprint density at radius 3 is 2.52 bits per heavy atom. The minimum atomic E-state index is -0.935. The SMILES string of the molecule is COc1cc(OC)cc([C@@H]2C(C(=O)c3ccco3)=C(O)C(=O)N2c2nccs2)c1. The van der Waals surface area contributed by atoms with Gasteiger partial charge in [0, 0.05) is 17.6 Å². The van der Waals surface area contributed by atoms with Gasteiger partial charge in [-0.2, -0.15) is 0 Å². The number of nitrogens with zero attached hydrogens (tertiary/aromatic N) is 2. The van der Waals surface area contributed by atoms with Gasteiger partial charge in [-0.15, -0.1) is 11.3 Å². The second-order valence-electron chi connectivity index (χ2n) is 6.11. The number of carbonyl (C=O) groups excluding carboxylic acids is 2. The first-order valence-electron chi connectivity index (χ1n) is 8.52. The summed E-state index contributed by atoms with van der Waals surface area (Å²) in [4.78, 5) is 31.5. The van der Waals surface area contributed by atoms with Gasteiger partial charge in [-0.3, -0.25) is 14.5 Å². The van der Waals surface area contributed by atoms with Gasteiger partial charge in [-0.1, -0.05) is 0 Å². The topological polar surface area (TPSA) is 102 Å². The third-order valence-electron chi connectivity index (χ3n) is 4.51. The van der Waals surface area contributed by atoms with E-state index in [9.17, 15) is 14.7 Å². The van der Waals surface area contributed by atoms with Gasteiger partial charge in [-0.05, 0) is 29.8 Å². The molecule has 0 saturated carbocycles. The zero-order valence-corrected chi connectivity index (χ0v) is 16.3. The molecule has 0 radical (unpaired) electrons. The first-order valence-corrected chi connectivity index (χ1v) is 9.40. The summed E-state index contributed by atoms with van der Waals surface area (Å²) in [6.07, 6.45) is 2.89. The van der Waals surface area contributed by atoms with E-state index in [2.05, 4.69) is 4.98 Å². The summed E-state index contributed by atoms with van der Waals surface area (Å²) in [5.74, 6) is -0.994. The Morgan fingerprint density at radius 2 is 1.97 bits per heavy atom. The molecule has 4 rings (SSSR count). The van der Waals surface area contributed by atoms with Gasteiger partial charge in [0.25, 0.3) is 5.91 Å². The van der Waals surface area contributed by atoms with Gasteiger partial charge in [0.1, 0.15) is 11.5 Å². The molecule has 29 heavy (non-hydrogen) atoms. The summed E-state index contributed by atoms with van der Waals surface area (Å²) in [6, 6.07) is 7.12. The average Bonchev–Trinajstić information content (AvgIpc) is 3.49. The molecule has 1 N–H and O–H groups in total. The predicted molar refractivity (Wildman–Crippen MR) is 105 cm³/mol. The molecule has 3 heterocycles. The molecule has 0 fully saturated rings. The van der Waals surface area contributed by atoms with Crippen LogP contribution in [-0.2, 0) is 4.79 Å². The Balaban J connectivity index is 1.91. The Morgan fingerprint density at radius 1 is 1.24 bits per heavy atom. The van der Waals surface area contributed by atoms with Gasteiger partial charge in [-0.25, -0.2) is 4.98 Å². The second-order valence-corrected chi connectivity index (χ2v) is 6.98. The lowest BCUT2D eigenvalue weighted by atomic mass is 9.95. The average molecular weight is 412 g/mol. The van der Waals surface area contributed by atoms with Crippen LogP contribution in [0.3, 0.4) is 0 Å². The maximum atomic E-state index is 13.1. The number of benzene rings is 1. The van der Waals surface area contributed by atoms with Gasteiger partial charge in [0.05, 0.1) is 32.1 Å². The highest BCUT2D eigenvalue weighted by atomic mass is 32.1. The molecule has 0 unspecified atom stereocenters. The number of carbonyl (C=O) groups is 2. The number of furan rings is 1. The zero-order valence-electron chi connectivity index (χ0n) is 15.5. The lowest BCUT2D eigenvalue weighted by Crippen LogP contribution is -2.31. The number of methoxy groups -OCH3 is 2. The molecular weight excluding hydrogens is 396 g/mol. The van der Waals surface area contributed by atoms with E-state index in [4.69, 9.17) is 13.9 Å². The van der Waals surface area contributed by atoms with E-state index in [0.29, 0.717) is 22.2 Å². The number of hydrogen-bond donors (Lipinski definition) is 1. The zero-order chi connectivity index (χ0) is 20.5. The number of aliphatic hydroxyl groups excluding tert-OH is 1. The molecule has 3 aromatic rings. The molecular formula is C20H16N2O6S. The third kappa shape index (κ3) is 3.15. The monoisotopic (exact) mass is 412 g/mol. The summed E-state index contributed by atoms with van der Waals surface area (Å²) in [7, 11) is 3.00. The van der Waals surface area contributed by atoms with Crippen LogP contribution < -0.4 is 14.4 Å². The minimum Gasteiger partial charge on any atom is -0.503 e. The van der Waals surface area contributed by atoms with Crippen LogP contribution in [0.15, 0.2) is 63.9 Å². The van der Waals surface area contributed by atoms with Gasteiger partial charge < -0.3 is 19.0 Å². The van der Waals surface area contributed by atoms with E-state index in [-0.39, 0.29) is 11.3 Å². The molecule has 8 nitrogen and oxygen atoms in total. The molecule has 1 aliphatic heterocycles. The fraction of sp³-hybridized carbons (Fsp3) is 0.150. The van der Waals surface area contributed by atoms with Crippen LogP contribution >= 0.6 is 11.3 Å². The highest BCUT2D eigenvalue weighted by Crippen LogP contribution is 2.44. The first-order chi connectivity index (χ1) is 14.0. The standard InChI is InChI=1S/C20H16N2O6S/c1-26-12-8-11(9-13(10-12)27-2)16-15(17(23)14-4-3-6-28-14)18(24)19(25)22(16)20-21-5-7-29-20/h3-10,16,24H,1-2H3/t16-/m1/s1. The van der Waals surface area contributed by atoms with Crippen molar-refractivity contribution in [2.24, 2.45) is 0 Å². The number of thiazole rings is 1. The predicted octanol–water partition coefficient (Wildman–Crippen LogP) is 3.54. The van der Waals surface area contributed by atoms with Gasteiger partial charge in [0.2, 0.25) is 5.78 Å². The van der Waals surface area contributed by atoms with Crippen LogP contribution in [0.4, 0.5) is 5.13 Å². The lowest BCUT2D eigenvalue weighted by molar-refractivity contribution is -0.117. The molecule has 1 amide bonds. The second kappa shape index (κ2) is 7.44. The van der Waals surface area contributed by atoms with Crippen LogP contribution in [0, 0.1) is 0 Å². The number of ether oxygens (including phenoxy) is 2. The number of Topliss-reactive ketones (excluding diaryl/α,β-unsaturated/α-hetero) is 1. The van der Waals surface area contributed by atoms with Crippen molar-refractivity contribution in [3.05, 3.63) is 70.8 Å². The number of ketones is 1. The van der Waals surface area contributed by atoms with Crippen LogP contribution in [-0.4, -0.2) is 36.0 Å². The van der Waals surface area contributed by atoms with E-state index >= 15 is 0 Å². The van der Waals surface area contributed by atoms with Crippen molar-refractivity contribution in [3.8, 4) is 11.5 Å². The van der Waals surface area contributed by atoms with Crippen LogP contribution in [0.25, 0.3) is 0 Å². The third-order valence-corrected chi connectivity index (χ3v) is 5.28. The van der Waals surface area contributed by atoms with Gasteiger partial charge in [0.15, 0.2) is 16.7 Å². The van der Waals surface area contributed by atoms with Gasteiger partial charge >= 0.3 is 0 Å². The van der Waals surface area contributed by atoms with Crippen molar-refractivity contribution in [2.75, 3.05) is 19.1 Å². The van der Waals surface area contributed by atoms with Crippen molar-refractivity contribution in [2.45, 2.75) is 6.04 Å². The summed E-state index contributed by atoms with van der Waals surface area (Å²) in [5, 5.41) is 12.7. The van der Waals surface area contributed by atoms with E-state index in [1.165, 1.54) is 42.8 Å². The highest BCUT2D eigenvalue weighted by Gasteiger charge is 2.46. The van der Waals surface area contributed by atoms with E-state index in [1.54, 1.807) is 35.8 Å². The number of hydrogen-bond acceptors (Lipinski definition) is 8. The number of aromatic nitrogens is 1. The first kappa shape index (κ1) is 18.8. The number of rotatable bonds is 6. The molecule has 1 aromatic carbocycles. The molecule has 1 aliphatic rings. The Bertz CT molecular complexity index is 1070. The van der Waals surface area contributed by atoms with E-state index in [1.807, 2.05) is 0 Å². The molecule has 148 valence electrons. The number of anilines is 1. The molecule has 0 spiro atoms. The van der Waals surface area contributed by atoms with Crippen LogP contribution in [0.1, 0.15) is 22.2 Å². The number of amides is 1. The van der Waals surface area contributed by atoms with Crippen LogP contribution in [0.5, 0.6) is 11.5 Å². The Labute approximate surface area is 169 Å². The molecule has 2 aromatic heterocycles. The fourth-order valence-corrected chi connectivity index (χ4v) is 3.88. The smallest absolute Gasteiger partial charge is 0.296 e. The quantitative estimate of drug-likeness (QED) is 0.618. The summed E-state index contributed by atoms with van der Waals surface area (Å²) in [6.45, 7) is 0. The van der Waals surface area contributed by atoms with Crippen molar-refractivity contribution in [1.82, 2.24) is 4.98 Å². The van der Waals surface area contributed by atoms with Crippen LogP contribution in [0.2, 0.25) is 0 Å². The maximum Gasteiger partial charge on any atom is 0.296 e. The van der Waals surface area contributed by atoms with Crippen molar-refractivity contribution in [3.63, 3.8) is 0 Å². The van der Waals surface area contributed by atoms with Crippen molar-refractivity contribution < 1.29 is 28.6 Å². The Hall–Kier alpha value is -3.59. The van der Waals surface area contributed by atoms with E-state index < -0.39 is 23.5 Å². The summed E-state index contributed by atoms with van der Waals surface area (Å²) >= 11 is 1.21. The lowest BCUT2D eigenvalue weighted by Gasteiger charge is -2.25.